The zero-order valence-corrected chi connectivity index (χ0v) is 14.8. The fourth-order valence-electron chi connectivity index (χ4n) is 3.67. The summed E-state index contributed by atoms with van der Waals surface area (Å²) in [4.78, 5) is 12.5. The lowest BCUT2D eigenvalue weighted by Crippen LogP contribution is -2.38. The molecule has 0 bridgehead atoms. The number of nitrogens with zero attached hydrogens (tertiary/aromatic N) is 5. The summed E-state index contributed by atoms with van der Waals surface area (Å²) in [7, 11) is 2.24. The Bertz CT molecular complexity index is 812. The molecule has 1 aliphatic heterocycles. The van der Waals surface area contributed by atoms with E-state index < -0.39 is 0 Å². The number of hydrogen-bond donors (Lipinski definition) is 1. The van der Waals surface area contributed by atoms with Crippen LogP contribution in [0.3, 0.4) is 0 Å². The highest BCUT2D eigenvalue weighted by Gasteiger charge is 2.31. The first-order valence-electron chi connectivity index (χ1n) is 8.37. The van der Waals surface area contributed by atoms with Crippen LogP contribution in [0.1, 0.15) is 29.5 Å². The van der Waals surface area contributed by atoms with Crippen molar-refractivity contribution in [3.8, 4) is 0 Å². The summed E-state index contributed by atoms with van der Waals surface area (Å²) in [6.07, 6.45) is 4.04. The van der Waals surface area contributed by atoms with Gasteiger partial charge in [-0.15, -0.1) is 11.3 Å². The molecule has 3 aromatic heterocycles. The summed E-state index contributed by atoms with van der Waals surface area (Å²) >= 11 is 1.86. The van der Waals surface area contributed by atoms with Gasteiger partial charge in [0, 0.05) is 29.2 Å². The minimum Gasteiger partial charge on any atom is -0.369 e. The predicted octanol–water partition coefficient (Wildman–Crippen LogP) is 2.99. The summed E-state index contributed by atoms with van der Waals surface area (Å²) in [5.74, 6) is 2.19. The van der Waals surface area contributed by atoms with Crippen molar-refractivity contribution in [1.82, 2.24) is 24.5 Å². The molecule has 4 heterocycles. The lowest BCUT2D eigenvalue weighted by molar-refractivity contribution is 0.130. The molecular formula is C17H22N6S. The lowest BCUT2D eigenvalue weighted by Gasteiger charge is -2.39. The van der Waals surface area contributed by atoms with Gasteiger partial charge in [0.1, 0.15) is 12.1 Å². The maximum absolute atomic E-state index is 4.40. The number of aryl methyl sites for hydroxylation is 1. The second-order valence-corrected chi connectivity index (χ2v) is 7.46. The Morgan fingerprint density at radius 2 is 2.33 bits per heavy atom. The molecule has 0 aromatic carbocycles. The number of thiophene rings is 1. The van der Waals surface area contributed by atoms with E-state index in [9.17, 15) is 0 Å². The first-order valence-corrected chi connectivity index (χ1v) is 9.25. The molecule has 1 aliphatic rings. The van der Waals surface area contributed by atoms with Crippen LogP contribution in [0, 0.1) is 12.8 Å². The Kier molecular flexibility index (Phi) is 4.20. The van der Waals surface area contributed by atoms with Crippen molar-refractivity contribution in [1.29, 1.82) is 0 Å². The number of nitrogens with one attached hydrogen (secondary N) is 1. The van der Waals surface area contributed by atoms with Gasteiger partial charge < -0.3 is 5.32 Å². The summed E-state index contributed by atoms with van der Waals surface area (Å²) in [5, 5.41) is 10.0. The third-order valence-electron chi connectivity index (χ3n) is 4.77. The highest BCUT2D eigenvalue weighted by Crippen LogP contribution is 2.37. The zero-order valence-electron chi connectivity index (χ0n) is 14.0. The van der Waals surface area contributed by atoms with E-state index in [-0.39, 0.29) is 0 Å². The van der Waals surface area contributed by atoms with E-state index in [0.29, 0.717) is 17.7 Å². The largest absolute Gasteiger partial charge is 0.369 e. The van der Waals surface area contributed by atoms with E-state index in [1.54, 1.807) is 10.8 Å². The minimum absolute atomic E-state index is 0.487. The molecule has 0 amide bonds. The molecule has 2 atom stereocenters. The Morgan fingerprint density at radius 1 is 1.42 bits per heavy atom. The van der Waals surface area contributed by atoms with Crippen LogP contribution in [0.4, 0.5) is 5.82 Å². The molecule has 0 aliphatic carbocycles. The molecule has 126 valence electrons. The third kappa shape index (κ3) is 2.89. The molecule has 0 spiro atoms. The van der Waals surface area contributed by atoms with E-state index in [4.69, 9.17) is 0 Å². The van der Waals surface area contributed by atoms with Gasteiger partial charge in [0.2, 0.25) is 0 Å². The monoisotopic (exact) mass is 342 g/mol. The molecule has 1 fully saturated rings. The Hall–Kier alpha value is -1.99. The SMILES string of the molecule is Cc1cc(NC[C@H]2CCCN(C)[C@@H]2c2cccs2)n2ncnc2n1. The van der Waals surface area contributed by atoms with E-state index in [1.807, 2.05) is 24.3 Å². The van der Waals surface area contributed by atoms with Gasteiger partial charge in [-0.05, 0) is 50.7 Å². The number of hydrogen-bond acceptors (Lipinski definition) is 6. The van der Waals surface area contributed by atoms with Crippen LogP contribution in [0.15, 0.2) is 29.9 Å². The average Bonchev–Trinajstić information content (AvgIpc) is 3.23. The third-order valence-corrected chi connectivity index (χ3v) is 5.71. The molecule has 0 radical (unpaired) electrons. The van der Waals surface area contributed by atoms with Gasteiger partial charge in [0.15, 0.2) is 0 Å². The Balaban J connectivity index is 1.56. The van der Waals surface area contributed by atoms with Gasteiger partial charge in [-0.25, -0.2) is 4.98 Å². The van der Waals surface area contributed by atoms with Crippen LogP contribution in [0.5, 0.6) is 0 Å². The van der Waals surface area contributed by atoms with E-state index in [0.717, 1.165) is 18.1 Å². The fourth-order valence-corrected chi connectivity index (χ4v) is 4.66. The van der Waals surface area contributed by atoms with Crippen LogP contribution in [0.25, 0.3) is 5.78 Å². The van der Waals surface area contributed by atoms with Crippen molar-refractivity contribution in [2.24, 2.45) is 5.92 Å². The maximum Gasteiger partial charge on any atom is 0.254 e. The second-order valence-electron chi connectivity index (χ2n) is 6.48. The van der Waals surface area contributed by atoms with Crippen molar-refractivity contribution < 1.29 is 0 Å². The Morgan fingerprint density at radius 3 is 3.17 bits per heavy atom. The van der Waals surface area contributed by atoms with Crippen LogP contribution >= 0.6 is 11.3 Å². The first-order chi connectivity index (χ1) is 11.7. The van der Waals surface area contributed by atoms with E-state index in [2.05, 4.69) is 49.8 Å². The van der Waals surface area contributed by atoms with Crippen LogP contribution in [-0.2, 0) is 0 Å². The molecule has 1 saturated heterocycles. The number of fused-ring (bicyclic) bond motifs is 1. The number of likely N-dealkylation sites (tertiary alicyclic amines) is 1. The molecule has 7 heteroatoms. The van der Waals surface area contributed by atoms with Crippen LogP contribution < -0.4 is 5.32 Å². The Labute approximate surface area is 145 Å². The van der Waals surface area contributed by atoms with Crippen molar-refractivity contribution in [2.75, 3.05) is 25.5 Å². The van der Waals surface area contributed by atoms with E-state index in [1.165, 1.54) is 24.3 Å². The molecule has 4 rings (SSSR count). The summed E-state index contributed by atoms with van der Waals surface area (Å²) in [5.41, 5.74) is 0.952. The molecule has 0 saturated carbocycles. The standard InChI is InChI=1S/C17H22N6S/c1-12-9-15(23-17(21-12)19-11-20-23)18-10-13-5-3-7-22(2)16(13)14-6-4-8-24-14/h4,6,8-9,11,13,16,18H,3,5,7,10H2,1-2H3/t13-,16+/m1/s1. The second kappa shape index (κ2) is 6.49. The smallest absolute Gasteiger partial charge is 0.254 e. The molecule has 6 nitrogen and oxygen atoms in total. The molecule has 3 aromatic rings. The first kappa shape index (κ1) is 15.5. The van der Waals surface area contributed by atoms with Gasteiger partial charge in [-0.3, -0.25) is 4.90 Å². The molecular weight excluding hydrogens is 320 g/mol. The van der Waals surface area contributed by atoms with Crippen LogP contribution in [-0.4, -0.2) is 44.6 Å². The number of piperidine rings is 1. The van der Waals surface area contributed by atoms with Gasteiger partial charge in [0.05, 0.1) is 0 Å². The average molecular weight is 342 g/mol. The molecule has 0 unspecified atom stereocenters. The number of rotatable bonds is 4. The maximum atomic E-state index is 4.40. The normalized spacial score (nSPS) is 22.1. The molecule has 24 heavy (non-hydrogen) atoms. The quantitative estimate of drug-likeness (QED) is 0.790. The van der Waals surface area contributed by atoms with Crippen molar-refractivity contribution in [3.05, 3.63) is 40.5 Å². The summed E-state index contributed by atoms with van der Waals surface area (Å²) < 4.78 is 1.78. The summed E-state index contributed by atoms with van der Waals surface area (Å²) in [6, 6.07) is 6.93. The van der Waals surface area contributed by atoms with Gasteiger partial charge in [-0.2, -0.15) is 14.6 Å². The van der Waals surface area contributed by atoms with Crippen molar-refractivity contribution in [3.63, 3.8) is 0 Å². The highest BCUT2D eigenvalue weighted by molar-refractivity contribution is 7.10. The van der Waals surface area contributed by atoms with Gasteiger partial charge in [0.25, 0.3) is 5.78 Å². The topological polar surface area (TPSA) is 58.4 Å². The predicted molar refractivity (Wildman–Crippen MR) is 96.4 cm³/mol. The zero-order chi connectivity index (χ0) is 16.5. The van der Waals surface area contributed by atoms with Crippen molar-refractivity contribution in [2.45, 2.75) is 25.8 Å². The highest BCUT2D eigenvalue weighted by atomic mass is 32.1. The number of aromatic nitrogens is 4. The summed E-state index contributed by atoms with van der Waals surface area (Å²) in [6.45, 7) is 4.08. The fraction of sp³-hybridized carbons (Fsp3) is 0.471. The lowest BCUT2D eigenvalue weighted by atomic mass is 9.88. The number of anilines is 1. The van der Waals surface area contributed by atoms with Crippen molar-refractivity contribution >= 4 is 22.9 Å². The minimum atomic E-state index is 0.487. The van der Waals surface area contributed by atoms with Gasteiger partial charge in [-0.1, -0.05) is 6.07 Å². The molecule has 1 N–H and O–H groups in total. The van der Waals surface area contributed by atoms with E-state index >= 15 is 0 Å². The van der Waals surface area contributed by atoms with Gasteiger partial charge >= 0.3 is 0 Å². The van der Waals surface area contributed by atoms with Crippen LogP contribution in [0.2, 0.25) is 0 Å².